The molecular weight excluding hydrogens is 168 g/mol. The van der Waals surface area contributed by atoms with Gasteiger partial charge in [-0.2, -0.15) is 0 Å². The van der Waals surface area contributed by atoms with E-state index in [9.17, 15) is 0 Å². The summed E-state index contributed by atoms with van der Waals surface area (Å²) in [6.45, 7) is 3.76. The van der Waals surface area contributed by atoms with Gasteiger partial charge in [0.15, 0.2) is 12.1 Å². The molecule has 0 spiro atoms. The molecule has 0 fully saturated rings. The molecule has 0 unspecified atom stereocenters. The molecule has 0 aliphatic carbocycles. The van der Waals surface area contributed by atoms with Crippen LogP contribution < -0.4 is 0 Å². The molecule has 0 aliphatic rings. The number of rotatable bonds is 5. The maximum atomic E-state index is 9.11. The predicted octanol–water partition coefficient (Wildman–Crippen LogP) is 0.917. The number of hydrogen-bond donors (Lipinski definition) is 1. The molecule has 1 aromatic rings. The first-order valence-electron chi connectivity index (χ1n) is 4.70. The van der Waals surface area contributed by atoms with Crippen LogP contribution in [0.2, 0.25) is 0 Å². The van der Waals surface area contributed by atoms with E-state index in [-0.39, 0.29) is 0 Å². The molecule has 0 radical (unpaired) electrons. The zero-order chi connectivity index (χ0) is 9.68. The van der Waals surface area contributed by atoms with Crippen molar-refractivity contribution in [1.82, 2.24) is 20.2 Å². The molecular formula is C8H16N4O. The van der Waals surface area contributed by atoms with Crippen molar-refractivity contribution in [2.75, 3.05) is 0 Å². The number of nitrogens with zero attached hydrogens (tertiary/aromatic N) is 4. The fourth-order valence-corrected chi connectivity index (χ4v) is 1.05. The summed E-state index contributed by atoms with van der Waals surface area (Å²) in [7, 11) is 0. The number of unbranched alkanes of at least 4 members (excludes halogenated alkanes) is 2. The molecule has 0 bridgehead atoms. The predicted molar refractivity (Wildman–Crippen MR) is 48.0 cm³/mol. The van der Waals surface area contributed by atoms with Crippen molar-refractivity contribution in [2.45, 2.75) is 45.8 Å². The van der Waals surface area contributed by atoms with Gasteiger partial charge in [0.05, 0.1) is 0 Å². The van der Waals surface area contributed by atoms with Gasteiger partial charge in [-0.05, 0) is 18.6 Å². The van der Waals surface area contributed by atoms with Crippen molar-refractivity contribution in [3.63, 3.8) is 0 Å². The quantitative estimate of drug-likeness (QED) is 0.691. The molecule has 1 N–H and O–H groups in total. The van der Waals surface area contributed by atoms with E-state index in [0.29, 0.717) is 5.82 Å². The zero-order valence-electron chi connectivity index (χ0n) is 8.14. The molecule has 0 saturated heterocycles. The number of aliphatic hydroxyl groups is 1. The molecule has 5 nitrogen and oxygen atoms in total. The molecule has 74 valence electrons. The topological polar surface area (TPSA) is 63.8 Å². The number of tetrazole rings is 1. The van der Waals surface area contributed by atoms with E-state index in [1.54, 1.807) is 6.92 Å². The molecule has 5 heteroatoms. The standard InChI is InChI=1S/C8H16N4O/c1-3-4-5-6-8-9-11-12(10-8)7(2)13/h7,13H,3-6H2,1-2H3/t7-/m1/s1. The minimum atomic E-state index is -0.688. The fourth-order valence-electron chi connectivity index (χ4n) is 1.05. The van der Waals surface area contributed by atoms with Gasteiger partial charge < -0.3 is 5.11 Å². The lowest BCUT2D eigenvalue weighted by Gasteiger charge is -1.98. The minimum absolute atomic E-state index is 0.688. The Bertz CT molecular complexity index is 246. The van der Waals surface area contributed by atoms with Crippen LogP contribution in [0.4, 0.5) is 0 Å². The second-order valence-corrected chi connectivity index (χ2v) is 3.12. The zero-order valence-corrected chi connectivity index (χ0v) is 8.14. The van der Waals surface area contributed by atoms with E-state index in [1.165, 1.54) is 17.6 Å². The Balaban J connectivity index is 2.40. The molecule has 0 aliphatic heterocycles. The molecule has 0 amide bonds. The second kappa shape index (κ2) is 4.91. The van der Waals surface area contributed by atoms with E-state index in [1.807, 2.05) is 0 Å². The van der Waals surface area contributed by atoms with Crippen LogP contribution in [0.3, 0.4) is 0 Å². The van der Waals surface area contributed by atoms with Crippen LogP contribution in [0.5, 0.6) is 0 Å². The first-order chi connectivity index (χ1) is 6.24. The van der Waals surface area contributed by atoms with Gasteiger partial charge in [0.2, 0.25) is 0 Å². The van der Waals surface area contributed by atoms with E-state index in [0.717, 1.165) is 12.8 Å². The fraction of sp³-hybridized carbons (Fsp3) is 0.875. The van der Waals surface area contributed by atoms with Crippen molar-refractivity contribution in [3.05, 3.63) is 5.82 Å². The Morgan fingerprint density at radius 1 is 1.46 bits per heavy atom. The average molecular weight is 184 g/mol. The lowest BCUT2D eigenvalue weighted by Crippen LogP contribution is -2.07. The third-order valence-electron chi connectivity index (χ3n) is 1.81. The molecule has 1 heterocycles. The maximum absolute atomic E-state index is 9.11. The van der Waals surface area contributed by atoms with Gasteiger partial charge in [0.1, 0.15) is 0 Å². The highest BCUT2D eigenvalue weighted by Gasteiger charge is 2.05. The Hall–Kier alpha value is -0.970. The van der Waals surface area contributed by atoms with E-state index in [4.69, 9.17) is 5.11 Å². The van der Waals surface area contributed by atoms with Crippen molar-refractivity contribution >= 4 is 0 Å². The maximum Gasteiger partial charge on any atom is 0.174 e. The van der Waals surface area contributed by atoms with Crippen LogP contribution in [-0.2, 0) is 6.42 Å². The molecule has 1 rings (SSSR count). The summed E-state index contributed by atoms with van der Waals surface area (Å²) in [5, 5.41) is 20.7. The van der Waals surface area contributed by atoms with Gasteiger partial charge in [-0.3, -0.25) is 0 Å². The lowest BCUT2D eigenvalue weighted by atomic mass is 10.2. The summed E-state index contributed by atoms with van der Waals surface area (Å²) in [6, 6.07) is 0. The van der Waals surface area contributed by atoms with Gasteiger partial charge in [0, 0.05) is 6.42 Å². The van der Waals surface area contributed by atoms with Crippen LogP contribution in [0.15, 0.2) is 0 Å². The average Bonchev–Trinajstić information content (AvgIpc) is 2.53. The lowest BCUT2D eigenvalue weighted by molar-refractivity contribution is 0.0926. The highest BCUT2D eigenvalue weighted by Crippen LogP contribution is 2.01. The summed E-state index contributed by atoms with van der Waals surface area (Å²) in [4.78, 5) is 1.22. The third kappa shape index (κ3) is 3.10. The summed E-state index contributed by atoms with van der Waals surface area (Å²) in [5.74, 6) is 0.717. The highest BCUT2D eigenvalue weighted by molar-refractivity contribution is 4.76. The third-order valence-corrected chi connectivity index (χ3v) is 1.81. The van der Waals surface area contributed by atoms with Crippen LogP contribution in [0, 0.1) is 0 Å². The number of aliphatic hydroxyl groups excluding tert-OH is 1. The van der Waals surface area contributed by atoms with Gasteiger partial charge >= 0.3 is 0 Å². The van der Waals surface area contributed by atoms with Crippen LogP contribution in [-0.4, -0.2) is 25.3 Å². The first-order valence-corrected chi connectivity index (χ1v) is 4.70. The summed E-state index contributed by atoms with van der Waals surface area (Å²) >= 11 is 0. The molecule has 1 atom stereocenters. The second-order valence-electron chi connectivity index (χ2n) is 3.12. The van der Waals surface area contributed by atoms with Crippen molar-refractivity contribution in [3.8, 4) is 0 Å². The molecule has 13 heavy (non-hydrogen) atoms. The smallest absolute Gasteiger partial charge is 0.174 e. The summed E-state index contributed by atoms with van der Waals surface area (Å²) < 4.78 is 0. The van der Waals surface area contributed by atoms with Crippen molar-refractivity contribution < 1.29 is 5.11 Å². The van der Waals surface area contributed by atoms with Crippen LogP contribution in [0.25, 0.3) is 0 Å². The van der Waals surface area contributed by atoms with Crippen LogP contribution >= 0.6 is 0 Å². The Morgan fingerprint density at radius 3 is 2.77 bits per heavy atom. The molecule has 1 aromatic heterocycles. The normalized spacial score (nSPS) is 13.2. The summed E-state index contributed by atoms with van der Waals surface area (Å²) in [5.41, 5.74) is 0. The Kier molecular flexibility index (Phi) is 3.82. The monoisotopic (exact) mass is 184 g/mol. The highest BCUT2D eigenvalue weighted by atomic mass is 16.3. The van der Waals surface area contributed by atoms with Gasteiger partial charge in [-0.15, -0.1) is 15.0 Å². The van der Waals surface area contributed by atoms with E-state index >= 15 is 0 Å². The summed E-state index contributed by atoms with van der Waals surface area (Å²) in [6.07, 6.45) is 3.61. The van der Waals surface area contributed by atoms with E-state index in [2.05, 4.69) is 22.3 Å². The number of aryl methyl sites for hydroxylation is 1. The van der Waals surface area contributed by atoms with Crippen molar-refractivity contribution in [2.24, 2.45) is 0 Å². The Morgan fingerprint density at radius 2 is 2.23 bits per heavy atom. The van der Waals surface area contributed by atoms with Gasteiger partial charge in [0.25, 0.3) is 0 Å². The van der Waals surface area contributed by atoms with Crippen LogP contribution in [0.1, 0.15) is 45.2 Å². The first kappa shape index (κ1) is 10.1. The number of hydrogen-bond acceptors (Lipinski definition) is 4. The molecule has 0 saturated carbocycles. The largest absolute Gasteiger partial charge is 0.370 e. The van der Waals surface area contributed by atoms with Gasteiger partial charge in [-0.1, -0.05) is 19.8 Å². The Labute approximate surface area is 77.8 Å². The number of aromatic nitrogens is 4. The molecule has 0 aromatic carbocycles. The van der Waals surface area contributed by atoms with E-state index < -0.39 is 6.23 Å². The SMILES string of the molecule is CCCCCc1nnn([C@@H](C)O)n1. The minimum Gasteiger partial charge on any atom is -0.370 e. The van der Waals surface area contributed by atoms with Crippen molar-refractivity contribution in [1.29, 1.82) is 0 Å². The van der Waals surface area contributed by atoms with Gasteiger partial charge in [-0.25, -0.2) is 0 Å².